The lowest BCUT2D eigenvalue weighted by Gasteiger charge is -2.25. The second-order valence-electron chi connectivity index (χ2n) is 5.53. The third-order valence-electron chi connectivity index (χ3n) is 2.78. The van der Waals surface area contributed by atoms with Crippen LogP contribution in [0.25, 0.3) is 0 Å². The maximum Gasteiger partial charge on any atom is 0.411 e. The number of ether oxygens (including phenoxy) is 1. The summed E-state index contributed by atoms with van der Waals surface area (Å²) in [6, 6.07) is 6.12. The maximum atomic E-state index is 12.0. The molecular weight excluding hydrogens is 258 g/mol. The minimum atomic E-state index is -0.625. The highest BCUT2D eigenvalue weighted by atomic mass is 16.5. The zero-order chi connectivity index (χ0) is 15.3. The van der Waals surface area contributed by atoms with Crippen molar-refractivity contribution in [2.45, 2.75) is 26.8 Å². The Morgan fingerprint density at radius 3 is 2.25 bits per heavy atom. The van der Waals surface area contributed by atoms with Crippen molar-refractivity contribution in [3.05, 3.63) is 24.3 Å². The number of hydrogen-bond donors (Lipinski definition) is 3. The summed E-state index contributed by atoms with van der Waals surface area (Å²) in [5, 5.41) is 5.24. The normalized spacial score (nSPS) is 12.4. The molecule has 0 unspecified atom stereocenters. The second kappa shape index (κ2) is 6.38. The van der Waals surface area contributed by atoms with Gasteiger partial charge in [0.25, 0.3) is 0 Å². The molecule has 0 saturated carbocycles. The summed E-state index contributed by atoms with van der Waals surface area (Å²) < 4.78 is 4.50. The summed E-state index contributed by atoms with van der Waals surface area (Å²) in [6.07, 6.45) is -0.570. The fourth-order valence-corrected chi connectivity index (χ4v) is 1.46. The number of methoxy groups -OCH3 is 1. The van der Waals surface area contributed by atoms with Crippen LogP contribution >= 0.6 is 0 Å². The number of hydrogen-bond acceptors (Lipinski definition) is 4. The highest BCUT2D eigenvalue weighted by molar-refractivity contribution is 5.96. The predicted molar refractivity (Wildman–Crippen MR) is 78.5 cm³/mol. The molecule has 0 heterocycles. The van der Waals surface area contributed by atoms with Crippen LogP contribution in [-0.4, -0.2) is 25.2 Å². The van der Waals surface area contributed by atoms with Crippen molar-refractivity contribution in [1.29, 1.82) is 0 Å². The predicted octanol–water partition coefficient (Wildman–Crippen LogP) is 2.18. The molecule has 1 rings (SSSR count). The number of rotatable bonds is 3. The van der Waals surface area contributed by atoms with Crippen LogP contribution in [0.4, 0.5) is 16.2 Å². The Kier molecular flexibility index (Phi) is 5.10. The van der Waals surface area contributed by atoms with Crippen molar-refractivity contribution in [1.82, 2.24) is 0 Å². The van der Waals surface area contributed by atoms with Gasteiger partial charge in [-0.25, -0.2) is 4.79 Å². The average molecular weight is 279 g/mol. The minimum Gasteiger partial charge on any atom is -0.453 e. The van der Waals surface area contributed by atoms with E-state index < -0.39 is 12.1 Å². The van der Waals surface area contributed by atoms with Crippen LogP contribution in [0.3, 0.4) is 0 Å². The molecule has 1 aromatic rings. The number of nitrogens with two attached hydrogens (primary N) is 1. The Labute approximate surface area is 118 Å². The van der Waals surface area contributed by atoms with Crippen molar-refractivity contribution < 1.29 is 14.3 Å². The molecule has 0 spiro atoms. The van der Waals surface area contributed by atoms with E-state index in [1.807, 2.05) is 20.8 Å². The molecule has 0 aliphatic heterocycles. The number of carbonyl (C=O) groups is 2. The van der Waals surface area contributed by atoms with Gasteiger partial charge in [-0.2, -0.15) is 0 Å². The second-order valence-corrected chi connectivity index (χ2v) is 5.53. The lowest BCUT2D eigenvalue weighted by molar-refractivity contribution is -0.119. The zero-order valence-corrected chi connectivity index (χ0v) is 12.2. The van der Waals surface area contributed by atoms with Gasteiger partial charge < -0.3 is 15.8 Å². The molecule has 0 radical (unpaired) electrons. The number of nitrogens with one attached hydrogen (secondary N) is 2. The number of amides is 2. The fraction of sp³-hybridized carbons (Fsp3) is 0.429. The number of anilines is 2. The molecule has 0 aromatic heterocycles. The monoisotopic (exact) mass is 279 g/mol. The molecular formula is C14H21N3O3. The highest BCUT2D eigenvalue weighted by Gasteiger charge is 2.27. The van der Waals surface area contributed by atoms with Crippen LogP contribution in [0.1, 0.15) is 20.8 Å². The van der Waals surface area contributed by atoms with Gasteiger partial charge >= 0.3 is 6.09 Å². The molecule has 6 heteroatoms. The van der Waals surface area contributed by atoms with Crippen molar-refractivity contribution in [3.63, 3.8) is 0 Å². The smallest absolute Gasteiger partial charge is 0.411 e. The average Bonchev–Trinajstić information content (AvgIpc) is 2.36. The first kappa shape index (κ1) is 16.0. The fourth-order valence-electron chi connectivity index (χ4n) is 1.46. The number of benzene rings is 1. The van der Waals surface area contributed by atoms with E-state index in [-0.39, 0.29) is 11.3 Å². The van der Waals surface area contributed by atoms with Gasteiger partial charge in [-0.1, -0.05) is 26.8 Å². The van der Waals surface area contributed by atoms with E-state index in [0.29, 0.717) is 11.4 Å². The Morgan fingerprint density at radius 1 is 1.20 bits per heavy atom. The summed E-state index contributed by atoms with van der Waals surface area (Å²) in [5.41, 5.74) is 6.64. The van der Waals surface area contributed by atoms with Crippen LogP contribution in [-0.2, 0) is 9.53 Å². The Morgan fingerprint density at radius 2 is 1.75 bits per heavy atom. The third kappa shape index (κ3) is 4.55. The topological polar surface area (TPSA) is 93.5 Å². The van der Waals surface area contributed by atoms with Crippen LogP contribution in [0.15, 0.2) is 24.3 Å². The van der Waals surface area contributed by atoms with E-state index in [4.69, 9.17) is 5.73 Å². The van der Waals surface area contributed by atoms with Gasteiger partial charge in [0.2, 0.25) is 5.91 Å². The largest absolute Gasteiger partial charge is 0.453 e. The molecule has 0 aliphatic rings. The molecule has 110 valence electrons. The molecule has 0 bridgehead atoms. The molecule has 0 saturated heterocycles. The standard InChI is InChI=1S/C14H21N3O3/c1-14(2,3)11(15)12(18)16-9-6-5-7-10(8-9)17-13(19)20-4/h5-8,11H,15H2,1-4H3,(H,16,18)(H,17,19)/t11-/m1/s1. The highest BCUT2D eigenvalue weighted by Crippen LogP contribution is 2.20. The van der Waals surface area contributed by atoms with Crippen LogP contribution in [0.5, 0.6) is 0 Å². The number of carbonyl (C=O) groups excluding carboxylic acids is 2. The lowest BCUT2D eigenvalue weighted by atomic mass is 9.87. The van der Waals surface area contributed by atoms with Crippen molar-refractivity contribution >= 4 is 23.4 Å². The summed E-state index contributed by atoms with van der Waals surface area (Å²) in [4.78, 5) is 23.1. The minimum absolute atomic E-state index is 0.271. The first-order valence-corrected chi connectivity index (χ1v) is 6.25. The Hall–Kier alpha value is -2.08. The molecule has 4 N–H and O–H groups in total. The molecule has 1 atom stereocenters. The van der Waals surface area contributed by atoms with Crippen LogP contribution in [0.2, 0.25) is 0 Å². The molecule has 0 fully saturated rings. The molecule has 20 heavy (non-hydrogen) atoms. The first-order chi connectivity index (χ1) is 9.24. The van der Waals surface area contributed by atoms with E-state index in [0.717, 1.165) is 0 Å². The van der Waals surface area contributed by atoms with Crippen LogP contribution < -0.4 is 16.4 Å². The molecule has 2 amide bonds. The van der Waals surface area contributed by atoms with E-state index in [9.17, 15) is 9.59 Å². The van der Waals surface area contributed by atoms with E-state index in [1.54, 1.807) is 24.3 Å². The van der Waals surface area contributed by atoms with Gasteiger partial charge in [0.05, 0.1) is 13.2 Å². The van der Waals surface area contributed by atoms with Gasteiger partial charge in [-0.05, 0) is 23.6 Å². The van der Waals surface area contributed by atoms with E-state index in [2.05, 4.69) is 15.4 Å². The van der Waals surface area contributed by atoms with Gasteiger partial charge in [0, 0.05) is 11.4 Å². The van der Waals surface area contributed by atoms with Crippen molar-refractivity contribution in [3.8, 4) is 0 Å². The Bertz CT molecular complexity index is 495. The van der Waals surface area contributed by atoms with Crippen LogP contribution in [0, 0.1) is 5.41 Å². The first-order valence-electron chi connectivity index (χ1n) is 6.25. The van der Waals surface area contributed by atoms with Gasteiger partial charge in [-0.3, -0.25) is 10.1 Å². The van der Waals surface area contributed by atoms with E-state index >= 15 is 0 Å². The van der Waals surface area contributed by atoms with E-state index in [1.165, 1.54) is 7.11 Å². The summed E-state index contributed by atoms with van der Waals surface area (Å²) >= 11 is 0. The van der Waals surface area contributed by atoms with Crippen molar-refractivity contribution in [2.75, 3.05) is 17.7 Å². The summed E-state index contributed by atoms with van der Waals surface area (Å²) in [6.45, 7) is 5.69. The summed E-state index contributed by atoms with van der Waals surface area (Å²) in [7, 11) is 1.28. The maximum absolute atomic E-state index is 12.0. The van der Waals surface area contributed by atoms with Gasteiger partial charge in [-0.15, -0.1) is 0 Å². The van der Waals surface area contributed by atoms with Gasteiger partial charge in [0.15, 0.2) is 0 Å². The molecule has 1 aromatic carbocycles. The summed E-state index contributed by atoms with van der Waals surface area (Å²) in [5.74, 6) is -0.271. The molecule has 6 nitrogen and oxygen atoms in total. The Balaban J connectivity index is 2.76. The third-order valence-corrected chi connectivity index (χ3v) is 2.78. The zero-order valence-electron chi connectivity index (χ0n) is 12.2. The van der Waals surface area contributed by atoms with Crippen molar-refractivity contribution in [2.24, 2.45) is 11.1 Å². The quantitative estimate of drug-likeness (QED) is 0.790. The SMILES string of the molecule is COC(=O)Nc1cccc(NC(=O)[C@@H](N)C(C)(C)C)c1. The lowest BCUT2D eigenvalue weighted by Crippen LogP contribution is -2.45. The molecule has 0 aliphatic carbocycles. The van der Waals surface area contributed by atoms with Gasteiger partial charge in [0.1, 0.15) is 0 Å².